The van der Waals surface area contributed by atoms with Gasteiger partial charge in [0.15, 0.2) is 0 Å². The van der Waals surface area contributed by atoms with Gasteiger partial charge in [0.25, 0.3) is 0 Å². The van der Waals surface area contributed by atoms with Crippen molar-refractivity contribution >= 4 is 23.6 Å². The van der Waals surface area contributed by atoms with Crippen LogP contribution in [0, 0.1) is 5.41 Å². The fourth-order valence-electron chi connectivity index (χ4n) is 5.90. The molecule has 0 aromatic heterocycles. The normalized spacial score (nSPS) is 15.8. The molecule has 0 radical (unpaired) electrons. The van der Waals surface area contributed by atoms with Crippen molar-refractivity contribution in [1.29, 1.82) is 0 Å². The number of hydrogen-bond donors (Lipinski definition) is 1. The third-order valence-electron chi connectivity index (χ3n) is 7.82. The van der Waals surface area contributed by atoms with Crippen LogP contribution in [0.3, 0.4) is 0 Å². The molecule has 3 aromatic rings. The first-order valence-corrected chi connectivity index (χ1v) is 14.7. The van der Waals surface area contributed by atoms with Crippen molar-refractivity contribution in [1.82, 2.24) is 5.32 Å². The molecule has 5 heteroatoms. The van der Waals surface area contributed by atoms with Crippen LogP contribution in [0.15, 0.2) is 91.0 Å². The number of hydrogen-bond acceptors (Lipinski definition) is 4. The van der Waals surface area contributed by atoms with Crippen LogP contribution in [0.1, 0.15) is 68.6 Å². The van der Waals surface area contributed by atoms with Crippen molar-refractivity contribution in [3.05, 3.63) is 108 Å². The van der Waals surface area contributed by atoms with E-state index in [-0.39, 0.29) is 11.3 Å². The first-order chi connectivity index (χ1) is 18.6. The predicted octanol–water partition coefficient (Wildman–Crippen LogP) is 7.12. The van der Waals surface area contributed by atoms with E-state index in [9.17, 15) is 9.59 Å². The van der Waals surface area contributed by atoms with Gasteiger partial charge in [-0.15, -0.1) is 11.8 Å². The van der Waals surface area contributed by atoms with Crippen molar-refractivity contribution in [2.45, 2.75) is 62.7 Å². The third-order valence-corrected chi connectivity index (χ3v) is 9.46. The first-order valence-electron chi connectivity index (χ1n) is 13.7. The summed E-state index contributed by atoms with van der Waals surface area (Å²) in [7, 11) is 1.40. The molecule has 0 heterocycles. The molecule has 200 valence electrons. The van der Waals surface area contributed by atoms with Gasteiger partial charge in [0.1, 0.15) is 6.04 Å². The van der Waals surface area contributed by atoms with Gasteiger partial charge in [0.05, 0.1) is 11.9 Å². The van der Waals surface area contributed by atoms with Gasteiger partial charge >= 0.3 is 5.97 Å². The lowest BCUT2D eigenvalue weighted by molar-refractivity contribution is -0.146. The van der Waals surface area contributed by atoms with E-state index in [2.05, 4.69) is 48.6 Å². The number of carbonyl (C=O) groups is 2. The summed E-state index contributed by atoms with van der Waals surface area (Å²) in [5, 5.41) is 3.16. The lowest BCUT2D eigenvalue weighted by atomic mass is 9.70. The largest absolute Gasteiger partial charge is 0.467 e. The SMILES string of the molecule is CCCC1(C(=O)N[C@H](CSC(c2ccccc2)(c2ccccc2)c2ccccc2)C(=O)OC)CCCCC1. The Morgan fingerprint density at radius 1 is 0.842 bits per heavy atom. The van der Waals surface area contributed by atoms with E-state index in [1.807, 2.05) is 54.6 Å². The number of esters is 1. The lowest BCUT2D eigenvalue weighted by Gasteiger charge is -2.38. The van der Waals surface area contributed by atoms with Crippen molar-refractivity contribution in [2.24, 2.45) is 5.41 Å². The van der Waals surface area contributed by atoms with Crippen LogP contribution in [-0.4, -0.2) is 30.8 Å². The summed E-state index contributed by atoms with van der Waals surface area (Å²) in [6.45, 7) is 2.13. The third kappa shape index (κ3) is 5.99. The van der Waals surface area contributed by atoms with Crippen LogP contribution >= 0.6 is 11.8 Å². The summed E-state index contributed by atoms with van der Waals surface area (Å²) in [6.07, 6.45) is 6.86. The van der Waals surface area contributed by atoms with Crippen molar-refractivity contribution in [2.75, 3.05) is 12.9 Å². The molecule has 1 N–H and O–H groups in total. The number of benzene rings is 3. The molecule has 4 rings (SSSR count). The minimum atomic E-state index is -0.747. The average Bonchev–Trinajstić information content (AvgIpc) is 2.98. The fraction of sp³-hybridized carbons (Fsp3) is 0.394. The number of nitrogens with one attached hydrogen (secondary N) is 1. The Kier molecular flexibility index (Phi) is 9.68. The molecular weight excluding hydrogens is 490 g/mol. The Balaban J connectivity index is 1.71. The molecule has 1 amide bonds. The van der Waals surface area contributed by atoms with Gasteiger partial charge in [-0.2, -0.15) is 0 Å². The second-order valence-electron chi connectivity index (χ2n) is 10.2. The van der Waals surface area contributed by atoms with E-state index < -0.39 is 16.8 Å². The van der Waals surface area contributed by atoms with Crippen LogP contribution in [0.5, 0.6) is 0 Å². The number of amides is 1. The molecular formula is C33H39NO3S. The molecule has 1 saturated carbocycles. The highest BCUT2D eigenvalue weighted by Crippen LogP contribution is 2.49. The first kappa shape index (κ1) is 28.0. The van der Waals surface area contributed by atoms with Crippen LogP contribution in [0.2, 0.25) is 0 Å². The summed E-state index contributed by atoms with van der Waals surface area (Å²) in [5.41, 5.74) is 2.96. The zero-order valence-corrected chi connectivity index (χ0v) is 23.3. The summed E-state index contributed by atoms with van der Waals surface area (Å²) < 4.78 is 4.63. The van der Waals surface area contributed by atoms with Crippen molar-refractivity contribution < 1.29 is 14.3 Å². The molecule has 1 fully saturated rings. The molecule has 0 aliphatic heterocycles. The fourth-order valence-corrected chi connectivity index (χ4v) is 7.44. The maximum Gasteiger partial charge on any atom is 0.329 e. The highest BCUT2D eigenvalue weighted by Gasteiger charge is 2.42. The molecule has 38 heavy (non-hydrogen) atoms. The number of rotatable bonds is 11. The molecule has 0 spiro atoms. The molecule has 0 bridgehead atoms. The minimum absolute atomic E-state index is 0.000201. The summed E-state index contributed by atoms with van der Waals surface area (Å²) in [6, 6.07) is 30.4. The zero-order valence-electron chi connectivity index (χ0n) is 22.5. The lowest BCUT2D eigenvalue weighted by Crippen LogP contribution is -2.51. The summed E-state index contributed by atoms with van der Waals surface area (Å²) in [5.74, 6) is -0.0320. The van der Waals surface area contributed by atoms with Gasteiger partial charge in [0, 0.05) is 11.2 Å². The average molecular weight is 530 g/mol. The van der Waals surface area contributed by atoms with Gasteiger partial charge in [-0.1, -0.05) is 124 Å². The van der Waals surface area contributed by atoms with Crippen LogP contribution in [0.25, 0.3) is 0 Å². The topological polar surface area (TPSA) is 55.4 Å². The molecule has 3 aromatic carbocycles. The number of carbonyl (C=O) groups excluding carboxylic acids is 2. The van der Waals surface area contributed by atoms with E-state index >= 15 is 0 Å². The molecule has 4 nitrogen and oxygen atoms in total. The molecule has 1 aliphatic carbocycles. The minimum Gasteiger partial charge on any atom is -0.467 e. The zero-order chi connectivity index (χ0) is 26.8. The van der Waals surface area contributed by atoms with Crippen LogP contribution < -0.4 is 5.32 Å². The second-order valence-corrected chi connectivity index (χ2v) is 11.5. The highest BCUT2D eigenvalue weighted by atomic mass is 32.2. The second kappa shape index (κ2) is 13.1. The maximum absolute atomic E-state index is 13.7. The van der Waals surface area contributed by atoms with Crippen molar-refractivity contribution in [3.63, 3.8) is 0 Å². The number of thioether (sulfide) groups is 1. The van der Waals surface area contributed by atoms with E-state index in [4.69, 9.17) is 4.74 Å². The summed E-state index contributed by atoms with van der Waals surface area (Å²) >= 11 is 1.67. The van der Waals surface area contributed by atoms with Gasteiger partial charge in [-0.05, 0) is 36.0 Å². The Labute approximate surface area is 231 Å². The van der Waals surface area contributed by atoms with E-state index in [0.717, 1.165) is 55.2 Å². The maximum atomic E-state index is 13.7. The Morgan fingerprint density at radius 2 is 1.32 bits per heavy atom. The van der Waals surface area contributed by atoms with Gasteiger partial charge in [-0.3, -0.25) is 4.79 Å². The van der Waals surface area contributed by atoms with Crippen molar-refractivity contribution in [3.8, 4) is 0 Å². The Morgan fingerprint density at radius 3 is 1.74 bits per heavy atom. The van der Waals surface area contributed by atoms with Crippen LogP contribution in [-0.2, 0) is 19.1 Å². The van der Waals surface area contributed by atoms with E-state index in [0.29, 0.717) is 5.75 Å². The highest BCUT2D eigenvalue weighted by molar-refractivity contribution is 8.00. The van der Waals surface area contributed by atoms with Crippen LogP contribution in [0.4, 0.5) is 0 Å². The van der Waals surface area contributed by atoms with E-state index in [1.165, 1.54) is 13.5 Å². The van der Waals surface area contributed by atoms with E-state index in [1.54, 1.807) is 11.8 Å². The monoisotopic (exact) mass is 529 g/mol. The molecule has 0 saturated heterocycles. The molecule has 0 unspecified atom stereocenters. The van der Waals surface area contributed by atoms with Gasteiger partial charge in [0.2, 0.25) is 5.91 Å². The molecule has 1 aliphatic rings. The Hall–Kier alpha value is -3.05. The smallest absolute Gasteiger partial charge is 0.329 e. The number of ether oxygens (including phenoxy) is 1. The standard InChI is InChI=1S/C33H39NO3S/c1-3-22-32(23-14-7-15-24-32)31(36)34-29(30(35)37-2)25-38-33(26-16-8-4-9-17-26,27-18-10-5-11-19-27)28-20-12-6-13-21-28/h4-6,8-13,16-21,29H,3,7,14-15,22-25H2,1-2H3,(H,34,36)/t29-/m1/s1. The molecule has 1 atom stereocenters. The number of methoxy groups -OCH3 is 1. The Bertz CT molecular complexity index is 1060. The predicted molar refractivity (Wildman–Crippen MR) is 156 cm³/mol. The summed E-state index contributed by atoms with van der Waals surface area (Å²) in [4.78, 5) is 26.8. The van der Waals surface area contributed by atoms with Gasteiger partial charge < -0.3 is 10.1 Å². The quantitative estimate of drug-likeness (QED) is 0.212. The van der Waals surface area contributed by atoms with Gasteiger partial charge in [-0.25, -0.2) is 4.79 Å².